The molecule has 0 bridgehead atoms. The summed E-state index contributed by atoms with van der Waals surface area (Å²) in [6, 6.07) is 10.6. The van der Waals surface area contributed by atoms with Crippen molar-refractivity contribution < 1.29 is 9.18 Å². The van der Waals surface area contributed by atoms with Crippen molar-refractivity contribution >= 4 is 33.7 Å². The zero-order valence-electron chi connectivity index (χ0n) is 20.1. The minimum atomic E-state index is -0.428. The maximum atomic E-state index is 15.2. The third-order valence-corrected chi connectivity index (χ3v) is 7.05. The van der Waals surface area contributed by atoms with Crippen LogP contribution in [0.5, 0.6) is 0 Å². The molecule has 0 unspecified atom stereocenters. The Morgan fingerprint density at radius 3 is 2.66 bits per heavy atom. The van der Waals surface area contributed by atoms with Crippen LogP contribution in [0.15, 0.2) is 67.4 Å². The fourth-order valence-electron chi connectivity index (χ4n) is 4.81. The highest BCUT2D eigenvalue weighted by molar-refractivity contribution is 5.98. The molecular formula is C28H21FN8O. The first kappa shape index (κ1) is 22.2. The minimum absolute atomic E-state index is 0.0205. The number of aromatic amines is 2. The Kier molecular flexibility index (Phi) is 5.17. The minimum Gasteiger partial charge on any atom is -0.335 e. The van der Waals surface area contributed by atoms with Crippen LogP contribution in [0, 0.1) is 11.7 Å². The molecule has 0 saturated heterocycles. The van der Waals surface area contributed by atoms with E-state index in [9.17, 15) is 4.79 Å². The predicted molar refractivity (Wildman–Crippen MR) is 141 cm³/mol. The molecule has 5 heterocycles. The van der Waals surface area contributed by atoms with Gasteiger partial charge in [0.05, 0.1) is 22.9 Å². The normalized spacial score (nSPS) is 13.6. The van der Waals surface area contributed by atoms with Crippen LogP contribution in [-0.4, -0.2) is 41.0 Å². The van der Waals surface area contributed by atoms with Gasteiger partial charge in [0.25, 0.3) is 0 Å². The zero-order valence-corrected chi connectivity index (χ0v) is 20.1. The molecule has 1 aliphatic carbocycles. The van der Waals surface area contributed by atoms with Crippen molar-refractivity contribution in [2.24, 2.45) is 5.92 Å². The summed E-state index contributed by atoms with van der Waals surface area (Å²) in [5, 5.41) is 10.9. The Morgan fingerprint density at radius 1 is 0.974 bits per heavy atom. The van der Waals surface area contributed by atoms with Gasteiger partial charge < -0.3 is 10.3 Å². The van der Waals surface area contributed by atoms with Crippen LogP contribution in [-0.2, 0) is 4.79 Å². The molecule has 0 aliphatic heterocycles. The second-order valence-corrected chi connectivity index (χ2v) is 9.41. The first-order chi connectivity index (χ1) is 18.6. The molecule has 1 fully saturated rings. The van der Waals surface area contributed by atoms with E-state index in [2.05, 4.69) is 40.4 Å². The number of rotatable bonds is 5. The number of nitrogens with zero attached hydrogens (tertiary/aromatic N) is 5. The second-order valence-electron chi connectivity index (χ2n) is 9.41. The van der Waals surface area contributed by atoms with Crippen LogP contribution in [0.4, 0.5) is 10.1 Å². The topological polar surface area (TPSA) is 125 Å². The number of aromatic nitrogens is 7. The van der Waals surface area contributed by atoms with E-state index in [-0.39, 0.29) is 11.8 Å². The lowest BCUT2D eigenvalue weighted by Gasteiger charge is -2.24. The lowest BCUT2D eigenvalue weighted by molar-refractivity contribution is -0.122. The van der Waals surface area contributed by atoms with Gasteiger partial charge in [-0.2, -0.15) is 5.10 Å². The third kappa shape index (κ3) is 3.78. The number of carbonyl (C=O) groups is 1. The SMILES string of the molecule is O=C(Nc1cncc(-c2cc3c(-c4nc5nccc(-c6ccncc6)c5[nH]4)n[nH]c3cc2F)c1)C1CCC1. The fourth-order valence-corrected chi connectivity index (χ4v) is 4.81. The monoisotopic (exact) mass is 504 g/mol. The van der Waals surface area contributed by atoms with Crippen LogP contribution in [0.25, 0.3) is 55.8 Å². The van der Waals surface area contributed by atoms with Crippen LogP contribution in [0.2, 0.25) is 0 Å². The van der Waals surface area contributed by atoms with E-state index in [0.717, 1.165) is 35.9 Å². The number of H-pyrrole nitrogens is 2. The second kappa shape index (κ2) is 8.84. The molecule has 3 N–H and O–H groups in total. The van der Waals surface area contributed by atoms with Gasteiger partial charge in [0.1, 0.15) is 11.5 Å². The van der Waals surface area contributed by atoms with Gasteiger partial charge >= 0.3 is 0 Å². The van der Waals surface area contributed by atoms with E-state index in [0.29, 0.717) is 44.9 Å². The number of hydrogen-bond acceptors (Lipinski definition) is 6. The maximum absolute atomic E-state index is 15.2. The average Bonchev–Trinajstić information content (AvgIpc) is 3.51. The lowest BCUT2D eigenvalue weighted by Crippen LogP contribution is -2.28. The Hall–Kier alpha value is -4.99. The van der Waals surface area contributed by atoms with Crippen molar-refractivity contribution in [2.75, 3.05) is 5.32 Å². The predicted octanol–water partition coefficient (Wildman–Crippen LogP) is 5.50. The molecule has 0 radical (unpaired) electrons. The summed E-state index contributed by atoms with van der Waals surface area (Å²) in [6.07, 6.45) is 11.2. The maximum Gasteiger partial charge on any atom is 0.227 e. The van der Waals surface area contributed by atoms with Gasteiger partial charge in [0.15, 0.2) is 11.5 Å². The number of pyridine rings is 3. The number of imidazole rings is 1. The summed E-state index contributed by atoms with van der Waals surface area (Å²) in [5.74, 6) is 0.103. The van der Waals surface area contributed by atoms with Crippen molar-refractivity contribution in [3.05, 3.63) is 73.2 Å². The van der Waals surface area contributed by atoms with Crippen LogP contribution >= 0.6 is 0 Å². The van der Waals surface area contributed by atoms with Gasteiger partial charge in [0.2, 0.25) is 5.91 Å². The molecule has 186 valence electrons. The smallest absolute Gasteiger partial charge is 0.227 e. The lowest BCUT2D eigenvalue weighted by atomic mass is 9.85. The summed E-state index contributed by atoms with van der Waals surface area (Å²) in [6.45, 7) is 0. The molecule has 5 aromatic heterocycles. The van der Waals surface area contributed by atoms with E-state index in [1.165, 1.54) is 6.07 Å². The van der Waals surface area contributed by atoms with E-state index in [1.54, 1.807) is 43.1 Å². The number of nitrogens with one attached hydrogen (secondary N) is 3. The molecule has 1 aromatic carbocycles. The highest BCUT2D eigenvalue weighted by Gasteiger charge is 2.25. The number of halogens is 1. The number of hydrogen-bond donors (Lipinski definition) is 3. The van der Waals surface area contributed by atoms with Gasteiger partial charge in [0, 0.05) is 58.8 Å². The van der Waals surface area contributed by atoms with E-state index in [4.69, 9.17) is 0 Å². The standard InChI is InChI=1S/C28H21FN8O/c29-22-12-23-21(11-20(22)17-10-18(14-31-13-17)33-28(38)16-2-1-3-16)25(37-36-23)27-34-24-19(6-9-32-26(24)35-27)15-4-7-30-8-5-15/h4-14,16H,1-3H2,(H,33,38)(H,36,37)(H,32,34,35). The summed E-state index contributed by atoms with van der Waals surface area (Å²) in [5.41, 5.74) is 5.75. The Balaban J connectivity index is 1.29. The highest BCUT2D eigenvalue weighted by atomic mass is 19.1. The van der Waals surface area contributed by atoms with Crippen molar-refractivity contribution in [2.45, 2.75) is 19.3 Å². The summed E-state index contributed by atoms with van der Waals surface area (Å²) in [7, 11) is 0. The zero-order chi connectivity index (χ0) is 25.6. The average molecular weight is 505 g/mol. The van der Waals surface area contributed by atoms with Crippen molar-refractivity contribution in [1.29, 1.82) is 0 Å². The van der Waals surface area contributed by atoms with E-state index < -0.39 is 5.82 Å². The van der Waals surface area contributed by atoms with Gasteiger partial charge in [-0.15, -0.1) is 0 Å². The number of carbonyl (C=O) groups excluding carboxylic acids is 1. The fraction of sp³-hybridized carbons (Fsp3) is 0.143. The molecule has 6 aromatic rings. The molecule has 38 heavy (non-hydrogen) atoms. The van der Waals surface area contributed by atoms with Crippen LogP contribution in [0.1, 0.15) is 19.3 Å². The largest absolute Gasteiger partial charge is 0.335 e. The Morgan fingerprint density at radius 2 is 1.84 bits per heavy atom. The Bertz CT molecular complexity index is 1820. The molecular weight excluding hydrogens is 483 g/mol. The number of fused-ring (bicyclic) bond motifs is 2. The summed E-state index contributed by atoms with van der Waals surface area (Å²) >= 11 is 0. The van der Waals surface area contributed by atoms with Gasteiger partial charge in [-0.3, -0.25) is 19.9 Å². The summed E-state index contributed by atoms with van der Waals surface area (Å²) < 4.78 is 15.2. The molecule has 0 spiro atoms. The first-order valence-electron chi connectivity index (χ1n) is 12.3. The number of benzene rings is 1. The molecule has 1 aliphatic rings. The Labute approximate surface area is 215 Å². The summed E-state index contributed by atoms with van der Waals surface area (Å²) in [4.78, 5) is 33.2. The molecule has 1 saturated carbocycles. The first-order valence-corrected chi connectivity index (χ1v) is 12.3. The van der Waals surface area contributed by atoms with Crippen LogP contribution < -0.4 is 5.32 Å². The van der Waals surface area contributed by atoms with Gasteiger partial charge in [-0.05, 0) is 48.7 Å². The van der Waals surface area contributed by atoms with Crippen molar-refractivity contribution in [1.82, 2.24) is 35.1 Å². The number of anilines is 1. The molecule has 10 heteroatoms. The third-order valence-electron chi connectivity index (χ3n) is 7.05. The highest BCUT2D eigenvalue weighted by Crippen LogP contribution is 2.34. The molecule has 0 atom stereocenters. The molecule has 1 amide bonds. The van der Waals surface area contributed by atoms with Crippen molar-refractivity contribution in [3.63, 3.8) is 0 Å². The molecule has 9 nitrogen and oxygen atoms in total. The van der Waals surface area contributed by atoms with E-state index in [1.807, 2.05) is 18.2 Å². The van der Waals surface area contributed by atoms with Gasteiger partial charge in [-0.25, -0.2) is 14.4 Å². The van der Waals surface area contributed by atoms with Gasteiger partial charge in [-0.1, -0.05) is 6.42 Å². The van der Waals surface area contributed by atoms with Crippen LogP contribution in [0.3, 0.4) is 0 Å². The quantitative estimate of drug-likeness (QED) is 0.285. The number of amides is 1. The van der Waals surface area contributed by atoms with Crippen molar-refractivity contribution in [3.8, 4) is 33.8 Å². The van der Waals surface area contributed by atoms with E-state index >= 15 is 4.39 Å². The molecule has 7 rings (SSSR count).